The predicted molar refractivity (Wildman–Crippen MR) is 106 cm³/mol. The van der Waals surface area contributed by atoms with Gasteiger partial charge in [0.15, 0.2) is 5.13 Å². The minimum atomic E-state index is -3.73. The second-order valence-corrected chi connectivity index (χ2v) is 8.90. The molecule has 0 saturated carbocycles. The van der Waals surface area contributed by atoms with Crippen molar-refractivity contribution in [2.45, 2.75) is 11.3 Å². The fourth-order valence-electron chi connectivity index (χ4n) is 2.98. The van der Waals surface area contributed by atoms with Gasteiger partial charge in [-0.1, -0.05) is 23.7 Å². The van der Waals surface area contributed by atoms with E-state index in [1.54, 1.807) is 46.7 Å². The number of thiazole rings is 1. The van der Waals surface area contributed by atoms with E-state index in [0.29, 0.717) is 34.4 Å². The average Bonchev–Trinajstić information content (AvgIpc) is 3.30. The molecule has 1 N–H and O–H groups in total. The third-order valence-electron chi connectivity index (χ3n) is 4.26. The number of nitrogens with one attached hydrogen (secondary N) is 1. The topological polar surface area (TPSA) is 79.4 Å². The SMILES string of the molecule is O=C(c1ccccc1Cl)N1CCc2cc(S(=O)(=O)Nc3nccs3)ccc21. The normalized spacial score (nSPS) is 13.4. The zero-order chi connectivity index (χ0) is 19.0. The summed E-state index contributed by atoms with van der Waals surface area (Å²) in [6.45, 7) is 0.475. The molecule has 3 aromatic rings. The maximum atomic E-state index is 12.8. The van der Waals surface area contributed by atoms with Crippen LogP contribution in [0.15, 0.2) is 58.9 Å². The smallest absolute Gasteiger partial charge is 0.263 e. The summed E-state index contributed by atoms with van der Waals surface area (Å²) in [5.74, 6) is -0.198. The molecule has 0 unspecified atom stereocenters. The molecule has 9 heteroatoms. The van der Waals surface area contributed by atoms with Gasteiger partial charge in [-0.15, -0.1) is 11.3 Å². The highest BCUT2D eigenvalue weighted by Crippen LogP contribution is 2.33. The van der Waals surface area contributed by atoms with Crippen LogP contribution in [0.25, 0.3) is 0 Å². The Kier molecular flexibility index (Phi) is 4.63. The zero-order valence-electron chi connectivity index (χ0n) is 13.9. The minimum Gasteiger partial charge on any atom is -0.308 e. The van der Waals surface area contributed by atoms with Crippen molar-refractivity contribution in [2.75, 3.05) is 16.2 Å². The van der Waals surface area contributed by atoms with Crippen molar-refractivity contribution in [1.29, 1.82) is 0 Å². The van der Waals surface area contributed by atoms with Gasteiger partial charge in [-0.05, 0) is 42.3 Å². The lowest BCUT2D eigenvalue weighted by Crippen LogP contribution is -2.29. The number of amides is 1. The van der Waals surface area contributed by atoms with Gasteiger partial charge in [-0.3, -0.25) is 9.52 Å². The van der Waals surface area contributed by atoms with Crippen LogP contribution in [-0.2, 0) is 16.4 Å². The first-order chi connectivity index (χ1) is 13.0. The van der Waals surface area contributed by atoms with Crippen LogP contribution in [-0.4, -0.2) is 25.9 Å². The first-order valence-electron chi connectivity index (χ1n) is 8.07. The van der Waals surface area contributed by atoms with Crippen LogP contribution in [0.5, 0.6) is 0 Å². The summed E-state index contributed by atoms with van der Waals surface area (Å²) in [5.41, 5.74) is 1.93. The summed E-state index contributed by atoms with van der Waals surface area (Å²) in [6.07, 6.45) is 2.11. The number of carbonyl (C=O) groups excluding carboxylic acids is 1. The van der Waals surface area contributed by atoms with Gasteiger partial charge in [0, 0.05) is 23.8 Å². The fraction of sp³-hybridized carbons (Fsp3) is 0.111. The number of hydrogen-bond donors (Lipinski definition) is 1. The lowest BCUT2D eigenvalue weighted by Gasteiger charge is -2.18. The van der Waals surface area contributed by atoms with E-state index < -0.39 is 10.0 Å². The molecule has 0 fully saturated rings. The van der Waals surface area contributed by atoms with Gasteiger partial charge in [0.05, 0.1) is 15.5 Å². The molecule has 1 aliphatic rings. The minimum absolute atomic E-state index is 0.142. The number of fused-ring (bicyclic) bond motifs is 1. The Morgan fingerprint density at radius 3 is 2.78 bits per heavy atom. The number of carbonyl (C=O) groups is 1. The summed E-state index contributed by atoms with van der Waals surface area (Å²) in [4.78, 5) is 18.5. The number of sulfonamides is 1. The lowest BCUT2D eigenvalue weighted by atomic mass is 10.1. The summed E-state index contributed by atoms with van der Waals surface area (Å²) in [7, 11) is -3.73. The molecule has 0 spiro atoms. The Bertz CT molecular complexity index is 1110. The second kappa shape index (κ2) is 6.95. The van der Waals surface area contributed by atoms with E-state index in [2.05, 4.69) is 9.71 Å². The predicted octanol–water partition coefficient (Wildman–Crippen LogP) is 3.80. The summed E-state index contributed by atoms with van der Waals surface area (Å²) in [6, 6.07) is 11.6. The molecular weight excluding hydrogens is 406 g/mol. The number of anilines is 2. The maximum absolute atomic E-state index is 12.8. The Labute approximate surface area is 165 Å². The summed E-state index contributed by atoms with van der Waals surface area (Å²) in [5, 5.41) is 2.40. The van der Waals surface area contributed by atoms with Crippen LogP contribution in [0, 0.1) is 0 Å². The third kappa shape index (κ3) is 3.43. The van der Waals surface area contributed by atoms with Crippen molar-refractivity contribution in [1.82, 2.24) is 4.98 Å². The molecule has 27 heavy (non-hydrogen) atoms. The van der Waals surface area contributed by atoms with E-state index in [9.17, 15) is 13.2 Å². The van der Waals surface area contributed by atoms with Gasteiger partial charge >= 0.3 is 0 Å². The largest absolute Gasteiger partial charge is 0.308 e. The highest BCUT2D eigenvalue weighted by atomic mass is 35.5. The number of rotatable bonds is 4. The molecule has 4 rings (SSSR count). The average molecular weight is 420 g/mol. The Morgan fingerprint density at radius 2 is 2.04 bits per heavy atom. The molecule has 1 aromatic heterocycles. The molecule has 0 bridgehead atoms. The molecule has 2 aromatic carbocycles. The van der Waals surface area contributed by atoms with E-state index in [-0.39, 0.29) is 10.8 Å². The fourth-order valence-corrected chi connectivity index (χ4v) is 5.04. The van der Waals surface area contributed by atoms with E-state index >= 15 is 0 Å². The van der Waals surface area contributed by atoms with Crippen molar-refractivity contribution in [3.8, 4) is 0 Å². The molecular formula is C18H14ClN3O3S2. The van der Waals surface area contributed by atoms with Gasteiger partial charge in [0.1, 0.15) is 0 Å². The van der Waals surface area contributed by atoms with Crippen LogP contribution in [0.3, 0.4) is 0 Å². The summed E-state index contributed by atoms with van der Waals surface area (Å²) >= 11 is 7.34. The molecule has 0 saturated heterocycles. The monoisotopic (exact) mass is 419 g/mol. The van der Waals surface area contributed by atoms with Gasteiger partial charge < -0.3 is 4.90 Å². The Hall–Kier alpha value is -2.42. The van der Waals surface area contributed by atoms with Crippen LogP contribution in [0.2, 0.25) is 5.02 Å². The van der Waals surface area contributed by atoms with Gasteiger partial charge in [0.2, 0.25) is 0 Å². The Morgan fingerprint density at radius 1 is 1.22 bits per heavy atom. The highest BCUT2D eigenvalue weighted by Gasteiger charge is 2.28. The molecule has 0 atom stereocenters. The number of hydrogen-bond acceptors (Lipinski definition) is 5. The number of halogens is 1. The lowest BCUT2D eigenvalue weighted by molar-refractivity contribution is 0.0989. The molecule has 6 nitrogen and oxygen atoms in total. The van der Waals surface area contributed by atoms with Gasteiger partial charge in [0.25, 0.3) is 15.9 Å². The third-order valence-corrected chi connectivity index (χ3v) is 6.74. The first kappa shape index (κ1) is 18.0. The van der Waals surface area contributed by atoms with Crippen LogP contribution < -0.4 is 9.62 Å². The van der Waals surface area contributed by atoms with Gasteiger partial charge in [-0.25, -0.2) is 13.4 Å². The van der Waals surface area contributed by atoms with Crippen LogP contribution >= 0.6 is 22.9 Å². The van der Waals surface area contributed by atoms with Crippen LogP contribution in [0.1, 0.15) is 15.9 Å². The van der Waals surface area contributed by atoms with Crippen LogP contribution in [0.4, 0.5) is 10.8 Å². The maximum Gasteiger partial charge on any atom is 0.263 e. The first-order valence-corrected chi connectivity index (χ1v) is 10.8. The van der Waals surface area contributed by atoms with Crippen molar-refractivity contribution in [3.05, 3.63) is 70.2 Å². The van der Waals surface area contributed by atoms with Crippen molar-refractivity contribution in [3.63, 3.8) is 0 Å². The van der Waals surface area contributed by atoms with E-state index in [4.69, 9.17) is 11.6 Å². The molecule has 2 heterocycles. The summed E-state index contributed by atoms with van der Waals surface area (Å²) < 4.78 is 27.5. The van der Waals surface area contributed by atoms with E-state index in [1.807, 2.05) is 0 Å². The second-order valence-electron chi connectivity index (χ2n) is 5.92. The number of benzene rings is 2. The molecule has 1 aliphatic heterocycles. The Balaban J connectivity index is 1.63. The van der Waals surface area contributed by atoms with E-state index in [1.165, 1.54) is 23.6 Å². The van der Waals surface area contributed by atoms with Crippen molar-refractivity contribution >= 4 is 49.7 Å². The number of aromatic nitrogens is 1. The molecule has 0 radical (unpaired) electrons. The molecule has 0 aliphatic carbocycles. The van der Waals surface area contributed by atoms with Gasteiger partial charge in [-0.2, -0.15) is 0 Å². The molecule has 138 valence electrons. The van der Waals surface area contributed by atoms with Crippen molar-refractivity contribution < 1.29 is 13.2 Å². The zero-order valence-corrected chi connectivity index (χ0v) is 16.3. The highest BCUT2D eigenvalue weighted by molar-refractivity contribution is 7.93. The van der Waals surface area contributed by atoms with Crippen molar-refractivity contribution in [2.24, 2.45) is 0 Å². The quantitative estimate of drug-likeness (QED) is 0.697. The number of nitrogens with zero attached hydrogens (tertiary/aromatic N) is 2. The standard InChI is InChI=1S/C18H14ClN3O3S2/c19-15-4-2-1-3-14(15)17(23)22-9-7-12-11-13(5-6-16(12)22)27(24,25)21-18-20-8-10-26-18/h1-6,8,10-11H,7,9H2,(H,20,21). The van der Waals surface area contributed by atoms with E-state index in [0.717, 1.165) is 5.56 Å². The molecule has 1 amide bonds.